The Labute approximate surface area is 221 Å². The molecule has 1 aliphatic carbocycles. The summed E-state index contributed by atoms with van der Waals surface area (Å²) in [5, 5.41) is 16.4. The minimum Gasteiger partial charge on any atom is -0.405 e. The molecule has 3 heterocycles. The van der Waals surface area contributed by atoms with Gasteiger partial charge in [0.25, 0.3) is 11.8 Å². The molecule has 1 saturated carbocycles. The number of aliphatic hydroxyl groups is 1. The summed E-state index contributed by atoms with van der Waals surface area (Å²) in [6, 6.07) is 3.63. The van der Waals surface area contributed by atoms with Gasteiger partial charge in [0.15, 0.2) is 11.5 Å². The molecule has 0 spiro atoms. The van der Waals surface area contributed by atoms with Crippen molar-refractivity contribution in [3.05, 3.63) is 41.1 Å². The lowest BCUT2D eigenvalue weighted by atomic mass is 10.0. The molecule has 5 rings (SSSR count). The minimum absolute atomic E-state index is 0.0245. The monoisotopic (exact) mass is 546 g/mol. The zero-order valence-corrected chi connectivity index (χ0v) is 21.6. The van der Waals surface area contributed by atoms with Crippen LogP contribution in [0.4, 0.5) is 19.0 Å². The van der Waals surface area contributed by atoms with E-state index in [0.29, 0.717) is 11.5 Å². The number of anilines is 1. The zero-order valence-electron chi connectivity index (χ0n) is 21.6. The van der Waals surface area contributed by atoms with E-state index >= 15 is 0 Å². The van der Waals surface area contributed by atoms with E-state index in [9.17, 15) is 27.9 Å². The van der Waals surface area contributed by atoms with Gasteiger partial charge in [0, 0.05) is 24.3 Å². The molecule has 0 saturated heterocycles. The van der Waals surface area contributed by atoms with Crippen LogP contribution in [-0.4, -0.2) is 61.5 Å². The second-order valence-electron chi connectivity index (χ2n) is 10.4. The normalized spacial score (nSPS) is 17.0. The number of halogens is 3. The zero-order chi connectivity index (χ0) is 28.2. The number of hydrogen-bond donors (Lipinski definition) is 3. The lowest BCUT2D eigenvalue weighted by molar-refractivity contribution is -0.274. The molecule has 1 aromatic carbocycles. The number of fused-ring (bicyclic) bond motifs is 2. The maximum atomic E-state index is 13.4. The van der Waals surface area contributed by atoms with Crippen LogP contribution in [0.2, 0.25) is 0 Å². The quantitative estimate of drug-likeness (QED) is 0.394. The third-order valence-electron chi connectivity index (χ3n) is 7.37. The van der Waals surface area contributed by atoms with Gasteiger partial charge in [-0.05, 0) is 55.4 Å². The second-order valence-corrected chi connectivity index (χ2v) is 10.4. The van der Waals surface area contributed by atoms with E-state index in [1.165, 1.54) is 16.8 Å². The molecule has 39 heavy (non-hydrogen) atoms. The van der Waals surface area contributed by atoms with Gasteiger partial charge in [-0.2, -0.15) is 0 Å². The summed E-state index contributed by atoms with van der Waals surface area (Å²) in [4.78, 5) is 32.3. The lowest BCUT2D eigenvalue weighted by Crippen LogP contribution is -2.41. The van der Waals surface area contributed by atoms with E-state index in [4.69, 9.17) is 5.73 Å². The van der Waals surface area contributed by atoms with Crippen LogP contribution in [0.15, 0.2) is 24.4 Å². The molecule has 0 bridgehead atoms. The summed E-state index contributed by atoms with van der Waals surface area (Å²) in [6.45, 7) is 5.44. The first-order valence-corrected chi connectivity index (χ1v) is 12.7. The highest BCUT2D eigenvalue weighted by Crippen LogP contribution is 2.42. The fourth-order valence-electron chi connectivity index (χ4n) is 4.94. The number of nitrogen functional groups attached to an aromatic ring is 1. The molecule has 1 fully saturated rings. The highest BCUT2D eigenvalue weighted by atomic mass is 19.4. The highest BCUT2D eigenvalue weighted by molar-refractivity contribution is 6.05. The fourth-order valence-corrected chi connectivity index (χ4v) is 4.94. The van der Waals surface area contributed by atoms with E-state index in [2.05, 4.69) is 20.1 Å². The van der Waals surface area contributed by atoms with Crippen molar-refractivity contribution in [2.45, 2.75) is 58.6 Å². The Hall–Kier alpha value is -3.87. The Balaban J connectivity index is 1.57. The molecule has 4 N–H and O–H groups in total. The molecule has 0 radical (unpaired) electrons. The summed E-state index contributed by atoms with van der Waals surface area (Å²) >= 11 is 0. The predicted molar refractivity (Wildman–Crippen MR) is 135 cm³/mol. The van der Waals surface area contributed by atoms with Crippen LogP contribution in [-0.2, 0) is 6.54 Å². The summed E-state index contributed by atoms with van der Waals surface area (Å²) in [5.74, 6) is -1.51. The topological polar surface area (TPSA) is 135 Å². The number of hydrogen-bond acceptors (Lipinski definition) is 7. The number of nitrogens with two attached hydrogens (primary N) is 1. The third kappa shape index (κ3) is 5.10. The molecule has 13 heteroatoms. The van der Waals surface area contributed by atoms with Crippen molar-refractivity contribution in [2.75, 3.05) is 12.3 Å². The number of aromatic nitrogens is 3. The maximum absolute atomic E-state index is 13.4. The van der Waals surface area contributed by atoms with Crippen LogP contribution in [0, 0.1) is 11.8 Å². The first kappa shape index (κ1) is 26.7. The fraction of sp³-hybridized carbons (Fsp3) is 0.462. The van der Waals surface area contributed by atoms with Crippen molar-refractivity contribution in [1.82, 2.24) is 24.8 Å². The average Bonchev–Trinajstić information content (AvgIpc) is 3.57. The third-order valence-corrected chi connectivity index (χ3v) is 7.37. The molecule has 2 unspecified atom stereocenters. The van der Waals surface area contributed by atoms with E-state index in [0.717, 1.165) is 18.9 Å². The molecule has 3 aromatic rings. The Morgan fingerprint density at radius 2 is 2.00 bits per heavy atom. The van der Waals surface area contributed by atoms with Crippen LogP contribution in [0.5, 0.6) is 5.75 Å². The number of alkyl halides is 3. The van der Waals surface area contributed by atoms with Crippen molar-refractivity contribution >= 4 is 23.3 Å². The number of aliphatic hydroxyl groups excluding tert-OH is 1. The number of benzene rings is 1. The van der Waals surface area contributed by atoms with Gasteiger partial charge in [0.2, 0.25) is 0 Å². The molecular weight excluding hydrogens is 517 g/mol. The predicted octanol–water partition coefficient (Wildman–Crippen LogP) is 3.38. The Bertz CT molecular complexity index is 1450. The van der Waals surface area contributed by atoms with Crippen LogP contribution in [0.3, 0.4) is 0 Å². The maximum Gasteiger partial charge on any atom is 0.573 e. The number of ether oxygens (including phenoxy) is 1. The summed E-state index contributed by atoms with van der Waals surface area (Å²) in [6.07, 6.45) is -1.57. The van der Waals surface area contributed by atoms with Gasteiger partial charge < -0.3 is 25.8 Å². The molecule has 208 valence electrons. The average molecular weight is 547 g/mol. The van der Waals surface area contributed by atoms with Gasteiger partial charge in [-0.3, -0.25) is 9.59 Å². The van der Waals surface area contributed by atoms with E-state index < -0.39 is 30.0 Å². The molecule has 2 atom stereocenters. The molecule has 10 nitrogen and oxygen atoms in total. The summed E-state index contributed by atoms with van der Waals surface area (Å²) in [7, 11) is 0. The molecule has 2 aliphatic rings. The van der Waals surface area contributed by atoms with Gasteiger partial charge in [0.1, 0.15) is 11.3 Å². The Morgan fingerprint density at radius 1 is 1.28 bits per heavy atom. The van der Waals surface area contributed by atoms with Crippen molar-refractivity contribution in [3.63, 3.8) is 0 Å². The number of carbonyl (C=O) groups excluding carboxylic acids is 2. The number of amides is 2. The summed E-state index contributed by atoms with van der Waals surface area (Å²) < 4.78 is 45.7. The van der Waals surface area contributed by atoms with Gasteiger partial charge in [-0.1, -0.05) is 13.8 Å². The minimum atomic E-state index is -5.01. The Morgan fingerprint density at radius 3 is 2.62 bits per heavy atom. The first-order chi connectivity index (χ1) is 18.4. The molecular formula is C26H29F3N6O4. The van der Waals surface area contributed by atoms with Gasteiger partial charge in [-0.15, -0.1) is 18.3 Å². The number of nitrogens with zero attached hydrogens (tertiary/aromatic N) is 4. The standard InChI is InChI=1S/C26H29F3N6O4/c1-12(2)18(11-36)32-24(37)21-22(30)33-35-7-6-17(31-23(21)35)15-8-16-10-34(13(3)14-4-5-14)25(38)20(16)19(9-15)39-26(27,28)29/h6-9,12-14,18,36H,4-5,10-11H2,1-3H3,(H2,30,33)(H,32,37). The van der Waals surface area contributed by atoms with Gasteiger partial charge in [-0.25, -0.2) is 9.50 Å². The SMILES string of the molecule is CC(C)C(CO)NC(=O)c1c(N)nn2ccc(-c3cc4c(c(OC(F)(F)F)c3)C(=O)N(C(C)C3CC3)C4)nc12. The second kappa shape index (κ2) is 9.70. The molecule has 2 amide bonds. The largest absolute Gasteiger partial charge is 0.573 e. The van der Waals surface area contributed by atoms with Crippen molar-refractivity contribution < 1.29 is 32.6 Å². The van der Waals surface area contributed by atoms with Crippen LogP contribution in [0.25, 0.3) is 16.9 Å². The van der Waals surface area contributed by atoms with E-state index in [1.54, 1.807) is 11.0 Å². The highest BCUT2D eigenvalue weighted by Gasteiger charge is 2.42. The number of carbonyl (C=O) groups is 2. The van der Waals surface area contributed by atoms with Crippen molar-refractivity contribution in [3.8, 4) is 17.0 Å². The van der Waals surface area contributed by atoms with E-state index in [1.807, 2.05) is 20.8 Å². The molecule has 1 aliphatic heterocycles. The van der Waals surface area contributed by atoms with Gasteiger partial charge in [0.05, 0.1) is 23.9 Å². The van der Waals surface area contributed by atoms with Crippen LogP contribution < -0.4 is 15.8 Å². The number of rotatable bonds is 8. The van der Waals surface area contributed by atoms with Crippen LogP contribution >= 0.6 is 0 Å². The first-order valence-electron chi connectivity index (χ1n) is 12.7. The smallest absolute Gasteiger partial charge is 0.405 e. The van der Waals surface area contributed by atoms with Crippen molar-refractivity contribution in [1.29, 1.82) is 0 Å². The van der Waals surface area contributed by atoms with E-state index in [-0.39, 0.29) is 59.0 Å². The van der Waals surface area contributed by atoms with Crippen molar-refractivity contribution in [2.24, 2.45) is 11.8 Å². The lowest BCUT2D eigenvalue weighted by Gasteiger charge is -2.24. The van der Waals surface area contributed by atoms with Crippen LogP contribution in [0.1, 0.15) is 59.9 Å². The number of nitrogens with one attached hydrogen (secondary N) is 1. The molecule has 2 aromatic heterocycles. The van der Waals surface area contributed by atoms with Gasteiger partial charge >= 0.3 is 6.36 Å². The Kier molecular flexibility index (Phi) is 6.65. The summed E-state index contributed by atoms with van der Waals surface area (Å²) in [5.41, 5.74) is 6.86.